The number of benzene rings is 2. The van der Waals surface area contributed by atoms with E-state index in [0.29, 0.717) is 16.3 Å². The number of hydrogen-bond donors (Lipinski definition) is 0. The maximum atomic E-state index is 13.2. The number of rotatable bonds is 5. The van der Waals surface area contributed by atoms with Crippen LogP contribution in [0.3, 0.4) is 0 Å². The minimum Gasteiger partial charge on any atom is -0.316 e. The number of aromatic nitrogens is 4. The molecule has 0 spiro atoms. The molecule has 6 nitrogen and oxygen atoms in total. The van der Waals surface area contributed by atoms with Crippen LogP contribution in [0.15, 0.2) is 69.3 Å². The Bertz CT molecular complexity index is 1290. The smallest absolute Gasteiger partial charge is 0.316 e. The molecule has 0 unspecified atom stereocenters. The number of aryl methyl sites for hydroxylation is 3. The molecule has 29 heavy (non-hydrogen) atoms. The average Bonchev–Trinajstić information content (AvgIpc) is 3.07. The predicted octanol–water partition coefficient (Wildman–Crippen LogP) is 3.08. The molecular weight excluding hydrogens is 384 g/mol. The predicted molar refractivity (Wildman–Crippen MR) is 116 cm³/mol. The van der Waals surface area contributed by atoms with Gasteiger partial charge in [-0.25, -0.2) is 9.78 Å². The fourth-order valence-corrected chi connectivity index (χ4v) is 4.21. The molecule has 0 radical (unpaired) electrons. The van der Waals surface area contributed by atoms with Crippen LogP contribution in [0.2, 0.25) is 0 Å². The van der Waals surface area contributed by atoms with Gasteiger partial charge in [0.15, 0.2) is 16.3 Å². The molecule has 0 amide bonds. The van der Waals surface area contributed by atoms with Crippen molar-refractivity contribution in [3.63, 3.8) is 0 Å². The first-order valence-corrected chi connectivity index (χ1v) is 10.3. The van der Waals surface area contributed by atoms with Crippen molar-refractivity contribution in [2.24, 2.45) is 14.1 Å². The number of fused-ring (bicyclic) bond motifs is 1. The molecule has 2 heterocycles. The van der Waals surface area contributed by atoms with Gasteiger partial charge in [-0.2, -0.15) is 0 Å². The van der Waals surface area contributed by atoms with Crippen LogP contribution in [0.4, 0.5) is 0 Å². The van der Waals surface area contributed by atoms with Gasteiger partial charge in [-0.3, -0.25) is 13.9 Å². The van der Waals surface area contributed by atoms with Crippen LogP contribution in [0, 0.1) is 6.92 Å². The number of nitrogens with zero attached hydrogens (tertiary/aromatic N) is 4. The molecule has 0 bridgehead atoms. The Morgan fingerprint density at radius 2 is 1.59 bits per heavy atom. The fraction of sp³-hybridized carbons (Fsp3) is 0.227. The van der Waals surface area contributed by atoms with E-state index in [2.05, 4.69) is 17.1 Å². The van der Waals surface area contributed by atoms with E-state index in [-0.39, 0.29) is 17.8 Å². The van der Waals surface area contributed by atoms with Gasteiger partial charge in [-0.05, 0) is 18.1 Å². The first-order chi connectivity index (χ1) is 14.0. The number of hydrogen-bond acceptors (Lipinski definition) is 4. The lowest BCUT2D eigenvalue weighted by Crippen LogP contribution is -2.39. The summed E-state index contributed by atoms with van der Waals surface area (Å²) in [4.78, 5) is 30.6. The van der Waals surface area contributed by atoms with Crippen LogP contribution >= 0.6 is 11.8 Å². The Labute approximate surface area is 172 Å². The van der Waals surface area contributed by atoms with Crippen molar-refractivity contribution in [1.29, 1.82) is 0 Å². The highest BCUT2D eigenvalue weighted by Gasteiger charge is 2.19. The second-order valence-corrected chi connectivity index (χ2v) is 8.06. The zero-order chi connectivity index (χ0) is 20.5. The van der Waals surface area contributed by atoms with Gasteiger partial charge in [0, 0.05) is 19.8 Å². The Morgan fingerprint density at radius 3 is 2.28 bits per heavy atom. The van der Waals surface area contributed by atoms with Gasteiger partial charge >= 0.3 is 5.69 Å². The van der Waals surface area contributed by atoms with Gasteiger partial charge in [-0.1, -0.05) is 71.9 Å². The molecule has 0 aliphatic heterocycles. The zero-order valence-corrected chi connectivity index (χ0v) is 17.4. The summed E-state index contributed by atoms with van der Waals surface area (Å²) in [6.45, 7) is 2.24. The first kappa shape index (κ1) is 19.3. The highest BCUT2D eigenvalue weighted by Crippen LogP contribution is 2.23. The van der Waals surface area contributed by atoms with Crippen LogP contribution < -0.4 is 11.2 Å². The Hall–Kier alpha value is -3.06. The minimum atomic E-state index is -0.360. The Kier molecular flexibility index (Phi) is 5.15. The molecule has 0 fully saturated rings. The maximum Gasteiger partial charge on any atom is 0.332 e. The van der Waals surface area contributed by atoms with E-state index in [9.17, 15) is 9.59 Å². The molecule has 2 aromatic heterocycles. The number of imidazole rings is 1. The molecule has 0 saturated heterocycles. The van der Waals surface area contributed by atoms with Crippen molar-refractivity contribution in [2.75, 3.05) is 0 Å². The van der Waals surface area contributed by atoms with Gasteiger partial charge < -0.3 is 4.57 Å². The first-order valence-electron chi connectivity index (χ1n) is 9.34. The normalized spacial score (nSPS) is 11.3. The van der Waals surface area contributed by atoms with Crippen LogP contribution in [-0.2, 0) is 26.4 Å². The molecule has 0 atom stereocenters. The largest absolute Gasteiger partial charge is 0.332 e. The van der Waals surface area contributed by atoms with Crippen LogP contribution in [0.5, 0.6) is 0 Å². The van der Waals surface area contributed by atoms with Crippen LogP contribution in [-0.4, -0.2) is 18.7 Å². The van der Waals surface area contributed by atoms with E-state index in [1.807, 2.05) is 56.4 Å². The standard InChI is InChI=1S/C22H22N4O2S/c1-15-9-11-16(12-10-15)13-26-20(27)18-19(25(3)22(26)28)23-21(24(18)2)29-14-17-7-5-4-6-8-17/h4-12H,13-14H2,1-3H3. The SMILES string of the molecule is Cc1ccc(Cn2c(=O)c3c(nc(SCc4ccccc4)n3C)n(C)c2=O)cc1. The van der Waals surface area contributed by atoms with Crippen molar-refractivity contribution in [2.45, 2.75) is 24.4 Å². The summed E-state index contributed by atoms with van der Waals surface area (Å²) < 4.78 is 4.52. The topological polar surface area (TPSA) is 61.8 Å². The third kappa shape index (κ3) is 3.65. The van der Waals surface area contributed by atoms with Gasteiger partial charge in [-0.15, -0.1) is 0 Å². The molecule has 2 aromatic carbocycles. The van der Waals surface area contributed by atoms with E-state index < -0.39 is 0 Å². The molecule has 7 heteroatoms. The van der Waals surface area contributed by atoms with Crippen molar-refractivity contribution >= 4 is 22.9 Å². The van der Waals surface area contributed by atoms with E-state index in [1.165, 1.54) is 14.7 Å². The summed E-state index contributed by atoms with van der Waals surface area (Å²) in [5.74, 6) is 0.740. The summed E-state index contributed by atoms with van der Waals surface area (Å²) in [7, 11) is 3.49. The zero-order valence-electron chi connectivity index (χ0n) is 16.6. The number of thioether (sulfide) groups is 1. The van der Waals surface area contributed by atoms with Crippen molar-refractivity contribution < 1.29 is 0 Å². The third-order valence-corrected chi connectivity index (χ3v) is 6.09. The average molecular weight is 407 g/mol. The molecule has 0 aliphatic carbocycles. The molecule has 148 valence electrons. The lowest BCUT2D eigenvalue weighted by Gasteiger charge is -2.09. The van der Waals surface area contributed by atoms with Gasteiger partial charge in [0.25, 0.3) is 5.56 Å². The van der Waals surface area contributed by atoms with E-state index in [0.717, 1.165) is 16.9 Å². The summed E-state index contributed by atoms with van der Waals surface area (Å²) in [6, 6.07) is 17.9. The molecule has 4 aromatic rings. The third-order valence-electron chi connectivity index (χ3n) is 4.99. The van der Waals surface area contributed by atoms with Crippen molar-refractivity contribution in [3.05, 3.63) is 92.1 Å². The minimum absolute atomic E-state index is 0.236. The van der Waals surface area contributed by atoms with Crippen LogP contribution in [0.1, 0.15) is 16.7 Å². The Balaban J connectivity index is 1.75. The molecule has 0 aliphatic rings. The van der Waals surface area contributed by atoms with Crippen molar-refractivity contribution in [3.8, 4) is 0 Å². The second-order valence-electron chi connectivity index (χ2n) is 7.12. The molecular formula is C22H22N4O2S. The van der Waals surface area contributed by atoms with E-state index in [4.69, 9.17) is 0 Å². The maximum absolute atomic E-state index is 13.2. The fourth-order valence-electron chi connectivity index (χ4n) is 3.29. The lowest BCUT2D eigenvalue weighted by molar-refractivity contribution is 0.654. The summed E-state index contributed by atoms with van der Waals surface area (Å²) in [5, 5.41) is 0.712. The van der Waals surface area contributed by atoms with Gasteiger partial charge in [0.1, 0.15) is 0 Å². The highest BCUT2D eigenvalue weighted by molar-refractivity contribution is 7.98. The monoisotopic (exact) mass is 406 g/mol. The molecule has 0 N–H and O–H groups in total. The second kappa shape index (κ2) is 7.75. The quantitative estimate of drug-likeness (QED) is 0.478. The summed E-state index contributed by atoms with van der Waals surface area (Å²) in [6.07, 6.45) is 0. The lowest BCUT2D eigenvalue weighted by atomic mass is 10.1. The summed E-state index contributed by atoms with van der Waals surface area (Å²) in [5.41, 5.74) is 3.40. The van der Waals surface area contributed by atoms with Crippen molar-refractivity contribution in [1.82, 2.24) is 18.7 Å². The molecule has 0 saturated carbocycles. The van der Waals surface area contributed by atoms with Gasteiger partial charge in [0.05, 0.1) is 6.54 Å². The van der Waals surface area contributed by atoms with Gasteiger partial charge in [0.2, 0.25) is 0 Å². The van der Waals surface area contributed by atoms with E-state index >= 15 is 0 Å². The summed E-state index contributed by atoms with van der Waals surface area (Å²) >= 11 is 1.55. The molecule has 4 rings (SSSR count). The highest BCUT2D eigenvalue weighted by atomic mass is 32.2. The van der Waals surface area contributed by atoms with Crippen LogP contribution in [0.25, 0.3) is 11.2 Å². The van der Waals surface area contributed by atoms with E-state index in [1.54, 1.807) is 23.4 Å². The Morgan fingerprint density at radius 1 is 0.897 bits per heavy atom.